The van der Waals surface area contributed by atoms with Gasteiger partial charge < -0.3 is 4.90 Å². The van der Waals surface area contributed by atoms with Crippen LogP contribution in [-0.2, 0) is 4.79 Å². The number of nitrogens with zero attached hydrogens (tertiary/aromatic N) is 2. The summed E-state index contributed by atoms with van der Waals surface area (Å²) in [5.74, 6) is 0.222. The van der Waals surface area contributed by atoms with Gasteiger partial charge in [0, 0.05) is 48.4 Å². The first-order chi connectivity index (χ1) is 7.19. The van der Waals surface area contributed by atoms with E-state index in [1.807, 2.05) is 11.8 Å². The van der Waals surface area contributed by atoms with Gasteiger partial charge in [-0.1, -0.05) is 13.5 Å². The van der Waals surface area contributed by atoms with Gasteiger partial charge >= 0.3 is 0 Å². The van der Waals surface area contributed by atoms with E-state index in [1.54, 1.807) is 6.20 Å². The molecule has 0 aromatic heterocycles. The molecule has 1 saturated heterocycles. The van der Waals surface area contributed by atoms with Gasteiger partial charge in [0.15, 0.2) is 0 Å². The highest BCUT2D eigenvalue weighted by molar-refractivity contribution is 14.1. The molecule has 1 aliphatic rings. The molecule has 0 aromatic rings. The average Bonchev–Trinajstić information content (AvgIpc) is 2.22. The van der Waals surface area contributed by atoms with Crippen LogP contribution in [0.2, 0.25) is 0 Å². The second-order valence-electron chi connectivity index (χ2n) is 3.87. The van der Waals surface area contributed by atoms with E-state index in [0.29, 0.717) is 12.5 Å². The lowest BCUT2D eigenvalue weighted by molar-refractivity contribution is -0.131. The van der Waals surface area contributed by atoms with Crippen molar-refractivity contribution in [1.29, 1.82) is 0 Å². The molecule has 0 atom stereocenters. The smallest absolute Gasteiger partial charge is 0.226 e. The Balaban J connectivity index is 2.51. The summed E-state index contributed by atoms with van der Waals surface area (Å²) in [5.41, 5.74) is 0. The summed E-state index contributed by atoms with van der Waals surface area (Å²) in [4.78, 5) is 13.6. The van der Waals surface area contributed by atoms with Gasteiger partial charge in [-0.3, -0.25) is 4.79 Å². The Morgan fingerprint density at radius 1 is 1.60 bits per heavy atom. The number of hydrogen-bond acceptors (Lipinski definition) is 2. The van der Waals surface area contributed by atoms with E-state index in [2.05, 4.69) is 32.6 Å². The van der Waals surface area contributed by atoms with Gasteiger partial charge in [-0.15, -0.1) is 0 Å². The fraction of sp³-hybridized carbons (Fsp3) is 0.727. The Morgan fingerprint density at radius 3 is 2.67 bits per heavy atom. The molecule has 0 aromatic carbocycles. The zero-order chi connectivity index (χ0) is 11.3. The summed E-state index contributed by atoms with van der Waals surface area (Å²) >= 11 is 2.34. The summed E-state index contributed by atoms with van der Waals surface area (Å²) in [6.07, 6.45) is 5.37. The number of piperidine rings is 1. The summed E-state index contributed by atoms with van der Waals surface area (Å²) in [6.45, 7) is 7.91. The molecule has 0 bridgehead atoms. The van der Waals surface area contributed by atoms with Crippen LogP contribution in [-0.4, -0.2) is 33.1 Å². The van der Waals surface area contributed by atoms with Crippen LogP contribution in [0.5, 0.6) is 0 Å². The molecule has 1 heterocycles. The zero-order valence-corrected chi connectivity index (χ0v) is 11.4. The predicted octanol–water partition coefficient (Wildman–Crippen LogP) is 2.57. The fourth-order valence-corrected chi connectivity index (χ4v) is 2.47. The summed E-state index contributed by atoms with van der Waals surface area (Å²) in [5, 5.41) is 0. The van der Waals surface area contributed by atoms with Gasteiger partial charge in [0.05, 0.1) is 0 Å². The first-order valence-corrected chi connectivity index (χ1v) is 6.50. The fourth-order valence-electron chi connectivity index (χ4n) is 1.91. The molecule has 0 N–H and O–H groups in total. The summed E-state index contributed by atoms with van der Waals surface area (Å²) < 4.78 is 2.28. The van der Waals surface area contributed by atoms with E-state index in [4.69, 9.17) is 0 Å². The standard InChI is InChI=1S/C11H19IN2O/c1-3-5-11(15)14(4-2)10-6-8-13(12)9-7-10/h4,10H,2-3,5-9H2,1H3. The second-order valence-corrected chi connectivity index (χ2v) is 5.24. The molecular formula is C11H19IN2O. The normalized spacial score (nSPS) is 18.8. The Morgan fingerprint density at radius 2 is 2.20 bits per heavy atom. The molecule has 3 nitrogen and oxygen atoms in total. The van der Waals surface area contributed by atoms with Crippen LogP contribution in [0.3, 0.4) is 0 Å². The molecule has 1 aliphatic heterocycles. The van der Waals surface area contributed by atoms with E-state index >= 15 is 0 Å². The maximum atomic E-state index is 11.8. The van der Waals surface area contributed by atoms with E-state index < -0.39 is 0 Å². The minimum Gasteiger partial charge on any atom is -0.317 e. The van der Waals surface area contributed by atoms with Gasteiger partial charge in [-0.25, -0.2) is 3.11 Å². The van der Waals surface area contributed by atoms with E-state index in [9.17, 15) is 4.79 Å². The SMILES string of the molecule is C=CN(C(=O)CCC)C1CCN(I)CC1. The van der Waals surface area contributed by atoms with Crippen molar-refractivity contribution in [3.8, 4) is 0 Å². The van der Waals surface area contributed by atoms with Crippen molar-refractivity contribution < 1.29 is 4.79 Å². The third-order valence-electron chi connectivity index (χ3n) is 2.75. The number of hydrogen-bond donors (Lipinski definition) is 0. The van der Waals surface area contributed by atoms with Crippen molar-refractivity contribution in [3.05, 3.63) is 12.8 Å². The molecule has 1 fully saturated rings. The van der Waals surface area contributed by atoms with Crippen molar-refractivity contribution in [2.45, 2.75) is 38.6 Å². The van der Waals surface area contributed by atoms with Crippen molar-refractivity contribution in [3.63, 3.8) is 0 Å². The van der Waals surface area contributed by atoms with E-state index in [1.165, 1.54) is 0 Å². The lowest BCUT2D eigenvalue weighted by Crippen LogP contribution is -2.42. The Kier molecular flexibility index (Phi) is 5.60. The average molecular weight is 322 g/mol. The topological polar surface area (TPSA) is 23.6 Å². The van der Waals surface area contributed by atoms with Crippen molar-refractivity contribution in [1.82, 2.24) is 8.01 Å². The van der Waals surface area contributed by atoms with Crippen molar-refractivity contribution in [2.24, 2.45) is 0 Å². The molecule has 4 heteroatoms. The number of carbonyl (C=O) groups excluding carboxylic acids is 1. The molecule has 0 unspecified atom stereocenters. The molecule has 0 spiro atoms. The molecule has 0 saturated carbocycles. The minimum absolute atomic E-state index is 0.222. The molecule has 86 valence electrons. The Bertz CT molecular complexity index is 225. The molecule has 15 heavy (non-hydrogen) atoms. The van der Waals surface area contributed by atoms with Gasteiger partial charge in [0.25, 0.3) is 0 Å². The van der Waals surface area contributed by atoms with Crippen LogP contribution in [0.15, 0.2) is 12.8 Å². The van der Waals surface area contributed by atoms with Crippen LogP contribution < -0.4 is 0 Å². The molecule has 0 radical (unpaired) electrons. The van der Waals surface area contributed by atoms with Crippen LogP contribution >= 0.6 is 22.9 Å². The highest BCUT2D eigenvalue weighted by Crippen LogP contribution is 2.20. The number of amides is 1. The van der Waals surface area contributed by atoms with E-state index in [-0.39, 0.29) is 5.91 Å². The monoisotopic (exact) mass is 322 g/mol. The van der Waals surface area contributed by atoms with Crippen LogP contribution in [0.1, 0.15) is 32.6 Å². The summed E-state index contributed by atoms with van der Waals surface area (Å²) in [7, 11) is 0. The molecule has 1 amide bonds. The highest BCUT2D eigenvalue weighted by atomic mass is 127. The zero-order valence-electron chi connectivity index (χ0n) is 9.29. The first kappa shape index (κ1) is 13.0. The van der Waals surface area contributed by atoms with E-state index in [0.717, 1.165) is 32.4 Å². The number of carbonyl (C=O) groups is 1. The second kappa shape index (κ2) is 6.48. The van der Waals surface area contributed by atoms with Crippen LogP contribution in [0.25, 0.3) is 0 Å². The maximum Gasteiger partial charge on any atom is 0.226 e. The van der Waals surface area contributed by atoms with Gasteiger partial charge in [-0.2, -0.15) is 0 Å². The lowest BCUT2D eigenvalue weighted by atomic mass is 10.0. The molecular weight excluding hydrogens is 303 g/mol. The first-order valence-electron chi connectivity index (χ1n) is 5.53. The number of rotatable bonds is 4. The van der Waals surface area contributed by atoms with Gasteiger partial charge in [0.1, 0.15) is 0 Å². The Labute approximate surface area is 106 Å². The highest BCUT2D eigenvalue weighted by Gasteiger charge is 2.24. The summed E-state index contributed by atoms with van der Waals surface area (Å²) in [6, 6.07) is 0.368. The number of halogens is 1. The van der Waals surface area contributed by atoms with Crippen LogP contribution in [0, 0.1) is 0 Å². The maximum absolute atomic E-state index is 11.8. The van der Waals surface area contributed by atoms with Crippen molar-refractivity contribution in [2.75, 3.05) is 13.1 Å². The third kappa shape index (κ3) is 3.75. The Hall–Kier alpha value is -0.100. The quantitative estimate of drug-likeness (QED) is 0.587. The molecule has 0 aliphatic carbocycles. The van der Waals surface area contributed by atoms with Gasteiger partial charge in [-0.05, 0) is 25.5 Å². The largest absolute Gasteiger partial charge is 0.317 e. The van der Waals surface area contributed by atoms with Gasteiger partial charge in [0.2, 0.25) is 5.91 Å². The lowest BCUT2D eigenvalue weighted by Gasteiger charge is -2.34. The predicted molar refractivity (Wildman–Crippen MR) is 70.6 cm³/mol. The van der Waals surface area contributed by atoms with Crippen LogP contribution in [0.4, 0.5) is 0 Å². The van der Waals surface area contributed by atoms with Crippen molar-refractivity contribution >= 4 is 28.8 Å². The third-order valence-corrected chi connectivity index (χ3v) is 3.72. The minimum atomic E-state index is 0.222. The molecule has 1 rings (SSSR count).